The highest BCUT2D eigenvalue weighted by Gasteiger charge is 2.22. The van der Waals surface area contributed by atoms with Gasteiger partial charge in [-0.15, -0.1) is 0 Å². The van der Waals surface area contributed by atoms with Crippen molar-refractivity contribution in [1.82, 2.24) is 0 Å². The van der Waals surface area contributed by atoms with E-state index < -0.39 is 11.6 Å². The third kappa shape index (κ3) is 3.99. The van der Waals surface area contributed by atoms with Gasteiger partial charge in [-0.2, -0.15) is 0 Å². The first-order valence-corrected chi connectivity index (χ1v) is 6.63. The maximum atomic E-state index is 13.4. The molecule has 3 nitrogen and oxygen atoms in total. The molecule has 1 aliphatic heterocycles. The maximum Gasteiger partial charge on any atom is 0.279 e. The van der Waals surface area contributed by atoms with Gasteiger partial charge in [-0.25, -0.2) is 8.78 Å². The molecule has 1 aliphatic rings. The fourth-order valence-corrected chi connectivity index (χ4v) is 2.57. The smallest absolute Gasteiger partial charge is 0.279 e. The minimum absolute atomic E-state index is 0.0378. The lowest BCUT2D eigenvalue weighted by Crippen LogP contribution is -3.14. The summed E-state index contributed by atoms with van der Waals surface area (Å²) in [5.74, 6) is -0.991. The molecular formula is C14H19F2N2O+. The molecule has 0 bridgehead atoms. The molecule has 1 saturated heterocycles. The van der Waals surface area contributed by atoms with Crippen molar-refractivity contribution in [3.63, 3.8) is 0 Å². The van der Waals surface area contributed by atoms with Crippen LogP contribution in [0.2, 0.25) is 0 Å². The second-order valence-corrected chi connectivity index (χ2v) is 5.30. The van der Waals surface area contributed by atoms with Crippen molar-refractivity contribution in [3.05, 3.63) is 29.8 Å². The minimum atomic E-state index is -0.740. The Balaban J connectivity index is 1.90. The van der Waals surface area contributed by atoms with Gasteiger partial charge in [-0.05, 0) is 25.0 Å². The van der Waals surface area contributed by atoms with E-state index >= 15 is 0 Å². The van der Waals surface area contributed by atoms with Crippen LogP contribution in [0.3, 0.4) is 0 Å². The quantitative estimate of drug-likeness (QED) is 0.850. The largest absolute Gasteiger partial charge is 0.327 e. The molecule has 1 unspecified atom stereocenters. The van der Waals surface area contributed by atoms with Gasteiger partial charge in [0.1, 0.15) is 11.6 Å². The molecule has 1 aromatic carbocycles. The zero-order chi connectivity index (χ0) is 13.8. The summed E-state index contributed by atoms with van der Waals surface area (Å²) < 4.78 is 26.1. The standard InChI is InChI=1S/C14H18F2N2O/c1-10-3-2-6-18(8-10)9-14(19)17-13-5-4-11(15)7-12(13)16/h4-5,7,10H,2-3,6,8-9H2,1H3,(H,17,19)/p+1/t10-/m1/s1. The molecule has 104 valence electrons. The number of halogens is 2. The summed E-state index contributed by atoms with van der Waals surface area (Å²) in [6.07, 6.45) is 2.33. The molecule has 1 amide bonds. The maximum absolute atomic E-state index is 13.4. The predicted molar refractivity (Wildman–Crippen MR) is 68.9 cm³/mol. The molecule has 0 spiro atoms. The second kappa shape index (κ2) is 6.10. The number of anilines is 1. The van der Waals surface area contributed by atoms with Crippen LogP contribution in [0.4, 0.5) is 14.5 Å². The van der Waals surface area contributed by atoms with Crippen LogP contribution in [-0.4, -0.2) is 25.5 Å². The first-order chi connectivity index (χ1) is 9.04. The summed E-state index contributed by atoms with van der Waals surface area (Å²) in [6.45, 7) is 4.46. The van der Waals surface area contributed by atoms with Crippen LogP contribution in [0.5, 0.6) is 0 Å². The lowest BCUT2D eigenvalue weighted by atomic mass is 10.0. The molecule has 0 saturated carbocycles. The zero-order valence-electron chi connectivity index (χ0n) is 11.0. The number of hydrogen-bond donors (Lipinski definition) is 2. The van der Waals surface area contributed by atoms with Crippen LogP contribution in [0.15, 0.2) is 18.2 Å². The third-order valence-electron chi connectivity index (χ3n) is 3.48. The Kier molecular flexibility index (Phi) is 4.47. The molecule has 1 heterocycles. The van der Waals surface area contributed by atoms with Gasteiger partial charge in [-0.3, -0.25) is 4.79 Å². The highest BCUT2D eigenvalue weighted by molar-refractivity contribution is 5.91. The number of benzene rings is 1. The van der Waals surface area contributed by atoms with E-state index in [0.717, 1.165) is 31.6 Å². The van der Waals surface area contributed by atoms with Crippen LogP contribution in [0, 0.1) is 17.6 Å². The van der Waals surface area contributed by atoms with E-state index in [2.05, 4.69) is 12.2 Å². The number of piperidine rings is 1. The molecule has 2 rings (SSSR count). The lowest BCUT2D eigenvalue weighted by Gasteiger charge is -2.27. The molecular weight excluding hydrogens is 250 g/mol. The molecule has 2 atom stereocenters. The van der Waals surface area contributed by atoms with Crippen LogP contribution in [-0.2, 0) is 4.79 Å². The fraction of sp³-hybridized carbons (Fsp3) is 0.500. The topological polar surface area (TPSA) is 33.5 Å². The van der Waals surface area contributed by atoms with Crippen molar-refractivity contribution < 1.29 is 18.5 Å². The molecule has 19 heavy (non-hydrogen) atoms. The van der Waals surface area contributed by atoms with Crippen molar-refractivity contribution in [2.45, 2.75) is 19.8 Å². The number of quaternary nitrogens is 1. The number of nitrogens with one attached hydrogen (secondary N) is 2. The number of carbonyl (C=O) groups is 1. The van der Waals surface area contributed by atoms with Gasteiger partial charge in [-0.1, -0.05) is 6.92 Å². The van der Waals surface area contributed by atoms with E-state index in [1.54, 1.807) is 0 Å². The summed E-state index contributed by atoms with van der Waals surface area (Å²) in [5.41, 5.74) is 0.0378. The van der Waals surface area contributed by atoms with Gasteiger partial charge >= 0.3 is 0 Å². The number of likely N-dealkylation sites (tertiary alicyclic amines) is 1. The molecule has 1 aromatic rings. The minimum Gasteiger partial charge on any atom is -0.327 e. The summed E-state index contributed by atoms with van der Waals surface area (Å²) >= 11 is 0. The summed E-state index contributed by atoms with van der Waals surface area (Å²) in [4.78, 5) is 13.1. The Bertz CT molecular complexity index is 465. The van der Waals surface area contributed by atoms with Gasteiger partial charge in [0.2, 0.25) is 0 Å². The van der Waals surface area contributed by atoms with Gasteiger partial charge < -0.3 is 10.2 Å². The third-order valence-corrected chi connectivity index (χ3v) is 3.48. The first kappa shape index (κ1) is 13.9. The van der Waals surface area contributed by atoms with Crippen molar-refractivity contribution in [1.29, 1.82) is 0 Å². The number of carbonyl (C=O) groups excluding carboxylic acids is 1. The first-order valence-electron chi connectivity index (χ1n) is 6.63. The van der Waals surface area contributed by atoms with Crippen LogP contribution in [0.25, 0.3) is 0 Å². The zero-order valence-corrected chi connectivity index (χ0v) is 11.0. The average Bonchev–Trinajstić information content (AvgIpc) is 2.33. The number of hydrogen-bond acceptors (Lipinski definition) is 1. The van der Waals surface area contributed by atoms with Crippen molar-refractivity contribution in [3.8, 4) is 0 Å². The second-order valence-electron chi connectivity index (χ2n) is 5.30. The Hall–Kier alpha value is -1.49. The molecule has 0 radical (unpaired) electrons. The van der Waals surface area contributed by atoms with Crippen LogP contribution < -0.4 is 10.2 Å². The van der Waals surface area contributed by atoms with Gasteiger partial charge in [0, 0.05) is 12.0 Å². The summed E-state index contributed by atoms with van der Waals surface area (Å²) in [6, 6.07) is 3.15. The summed E-state index contributed by atoms with van der Waals surface area (Å²) in [7, 11) is 0. The van der Waals surface area contributed by atoms with Gasteiger partial charge in [0.25, 0.3) is 5.91 Å². The number of rotatable bonds is 3. The number of amides is 1. The van der Waals surface area contributed by atoms with Gasteiger partial charge in [0.05, 0.1) is 18.8 Å². The van der Waals surface area contributed by atoms with Crippen LogP contribution >= 0.6 is 0 Å². The Morgan fingerprint density at radius 2 is 2.26 bits per heavy atom. The van der Waals surface area contributed by atoms with E-state index in [9.17, 15) is 13.6 Å². The molecule has 1 fully saturated rings. The van der Waals surface area contributed by atoms with E-state index in [0.29, 0.717) is 12.5 Å². The predicted octanol–water partition coefficient (Wildman–Crippen LogP) is 1.22. The van der Waals surface area contributed by atoms with E-state index in [1.807, 2.05) is 0 Å². The SMILES string of the molecule is C[C@@H]1CCC[NH+](CC(=O)Nc2ccc(F)cc2F)C1. The van der Waals surface area contributed by atoms with Crippen molar-refractivity contribution >= 4 is 11.6 Å². The average molecular weight is 269 g/mol. The molecule has 0 aliphatic carbocycles. The van der Waals surface area contributed by atoms with Crippen molar-refractivity contribution in [2.24, 2.45) is 5.92 Å². The Morgan fingerprint density at radius 1 is 1.47 bits per heavy atom. The lowest BCUT2D eigenvalue weighted by molar-refractivity contribution is -0.900. The Labute approximate surface area is 111 Å². The highest BCUT2D eigenvalue weighted by Crippen LogP contribution is 2.14. The normalized spacial score (nSPS) is 23.1. The Morgan fingerprint density at radius 3 is 2.95 bits per heavy atom. The van der Waals surface area contributed by atoms with E-state index in [4.69, 9.17) is 0 Å². The molecule has 0 aromatic heterocycles. The summed E-state index contributed by atoms with van der Waals surface area (Å²) in [5, 5.41) is 2.50. The highest BCUT2D eigenvalue weighted by atomic mass is 19.1. The van der Waals surface area contributed by atoms with E-state index in [1.165, 1.54) is 17.4 Å². The fourth-order valence-electron chi connectivity index (χ4n) is 2.57. The van der Waals surface area contributed by atoms with E-state index in [-0.39, 0.29) is 11.6 Å². The van der Waals surface area contributed by atoms with Crippen molar-refractivity contribution in [2.75, 3.05) is 25.0 Å². The van der Waals surface area contributed by atoms with Gasteiger partial charge in [0.15, 0.2) is 6.54 Å². The monoisotopic (exact) mass is 269 g/mol. The van der Waals surface area contributed by atoms with Crippen LogP contribution in [0.1, 0.15) is 19.8 Å². The molecule has 5 heteroatoms. The molecule has 2 N–H and O–H groups in total.